The van der Waals surface area contributed by atoms with Gasteiger partial charge in [-0.15, -0.1) is 11.8 Å². The molecule has 0 bridgehead atoms. The average Bonchev–Trinajstić information content (AvgIpc) is 3.32. The van der Waals surface area contributed by atoms with E-state index >= 15 is 4.39 Å². The Hall–Kier alpha value is -3.34. The number of benzene rings is 2. The molecule has 2 N–H and O–H groups in total. The van der Waals surface area contributed by atoms with Crippen LogP contribution in [0.3, 0.4) is 0 Å². The first kappa shape index (κ1) is 21.2. The number of carbonyl (C=O) groups is 1. The molecule has 1 aliphatic heterocycles. The van der Waals surface area contributed by atoms with E-state index in [1.54, 1.807) is 9.30 Å². The minimum Gasteiger partial charge on any atom is -0.382 e. The monoisotopic (exact) mass is 487 g/mol. The first-order valence-electron chi connectivity index (χ1n) is 10.6. The van der Waals surface area contributed by atoms with Crippen LogP contribution >= 0.6 is 11.8 Å². The van der Waals surface area contributed by atoms with Gasteiger partial charge < -0.3 is 10.6 Å². The van der Waals surface area contributed by atoms with E-state index in [9.17, 15) is 18.0 Å². The Kier molecular flexibility index (Phi) is 4.57. The van der Waals surface area contributed by atoms with Crippen LogP contribution in [0.2, 0.25) is 0 Å². The Morgan fingerprint density at radius 2 is 1.97 bits per heavy atom. The van der Waals surface area contributed by atoms with Gasteiger partial charge in [-0.2, -0.15) is 13.2 Å². The van der Waals surface area contributed by atoms with E-state index in [1.807, 2.05) is 0 Å². The quantitative estimate of drug-likeness (QED) is 0.408. The topological polar surface area (TPSA) is 76.5 Å². The SMILES string of the molecule is Nc1nc2cc(F)c(C(=O)N(C3CC3)[C@@H]3CSc4cc(C(F)(F)F)ccc43)cc2n2cncc12. The molecular formula is C23H17F4N5OS. The highest BCUT2D eigenvalue weighted by molar-refractivity contribution is 7.99. The maximum atomic E-state index is 15.2. The third-order valence-electron chi connectivity index (χ3n) is 6.30. The predicted octanol–water partition coefficient (Wildman–Crippen LogP) is 5.07. The second kappa shape index (κ2) is 7.33. The van der Waals surface area contributed by atoms with Crippen LogP contribution in [0.15, 0.2) is 47.8 Å². The lowest BCUT2D eigenvalue weighted by Crippen LogP contribution is -2.37. The first-order chi connectivity index (χ1) is 16.2. The zero-order valence-corrected chi connectivity index (χ0v) is 18.3. The lowest BCUT2D eigenvalue weighted by molar-refractivity contribution is -0.137. The fourth-order valence-electron chi connectivity index (χ4n) is 4.51. The number of amides is 1. The number of hydrogen-bond acceptors (Lipinski definition) is 5. The van der Waals surface area contributed by atoms with Crippen LogP contribution in [0.25, 0.3) is 16.6 Å². The van der Waals surface area contributed by atoms with E-state index in [1.165, 1.54) is 42.5 Å². The summed E-state index contributed by atoms with van der Waals surface area (Å²) in [5, 5.41) is 0. The number of carbonyl (C=O) groups excluding carboxylic acids is 1. The van der Waals surface area contributed by atoms with Gasteiger partial charge in [0.05, 0.1) is 40.7 Å². The molecular weight excluding hydrogens is 470 g/mol. The summed E-state index contributed by atoms with van der Waals surface area (Å²) in [6, 6.07) is 5.70. The fourth-order valence-corrected chi connectivity index (χ4v) is 5.77. The number of anilines is 1. The zero-order chi connectivity index (χ0) is 23.8. The average molecular weight is 487 g/mol. The van der Waals surface area contributed by atoms with Crippen molar-refractivity contribution in [2.75, 3.05) is 11.5 Å². The minimum atomic E-state index is -4.44. The second-order valence-electron chi connectivity index (χ2n) is 8.49. The molecule has 1 saturated carbocycles. The van der Waals surface area contributed by atoms with E-state index in [0.717, 1.165) is 25.0 Å². The summed E-state index contributed by atoms with van der Waals surface area (Å²) in [6.07, 6.45) is 0.140. The van der Waals surface area contributed by atoms with Crippen LogP contribution in [-0.2, 0) is 6.18 Å². The van der Waals surface area contributed by atoms with E-state index in [2.05, 4.69) is 9.97 Å². The molecule has 0 spiro atoms. The lowest BCUT2D eigenvalue weighted by Gasteiger charge is -2.30. The fraction of sp³-hybridized carbons (Fsp3) is 0.261. The van der Waals surface area contributed by atoms with Gasteiger partial charge in [-0.3, -0.25) is 9.20 Å². The van der Waals surface area contributed by atoms with Crippen LogP contribution in [0, 0.1) is 5.82 Å². The predicted molar refractivity (Wildman–Crippen MR) is 119 cm³/mol. The number of hydrogen-bond donors (Lipinski definition) is 1. The molecule has 0 saturated heterocycles. The lowest BCUT2D eigenvalue weighted by atomic mass is 10.0. The van der Waals surface area contributed by atoms with Crippen molar-refractivity contribution in [1.82, 2.24) is 19.3 Å². The number of nitrogen functional groups attached to an aromatic ring is 1. The number of fused-ring (bicyclic) bond motifs is 4. The molecule has 4 aromatic rings. The molecule has 1 aliphatic carbocycles. The molecule has 6 rings (SSSR count). The van der Waals surface area contributed by atoms with Crippen molar-refractivity contribution in [3.8, 4) is 0 Å². The highest BCUT2D eigenvalue weighted by Gasteiger charge is 2.42. The number of halogens is 4. The highest BCUT2D eigenvalue weighted by atomic mass is 32.2. The second-order valence-corrected chi connectivity index (χ2v) is 9.55. The number of alkyl halides is 3. The Labute approximate surface area is 194 Å². The maximum absolute atomic E-state index is 15.2. The van der Waals surface area contributed by atoms with Crippen molar-refractivity contribution in [3.63, 3.8) is 0 Å². The molecule has 1 fully saturated rings. The first-order valence-corrected chi connectivity index (χ1v) is 11.6. The summed E-state index contributed by atoms with van der Waals surface area (Å²) in [7, 11) is 0. The van der Waals surface area contributed by atoms with Crippen molar-refractivity contribution in [3.05, 3.63) is 65.4 Å². The number of rotatable bonds is 3. The highest BCUT2D eigenvalue weighted by Crippen LogP contribution is 2.47. The zero-order valence-electron chi connectivity index (χ0n) is 17.5. The standard InChI is InChI=1S/C23H17F4N5OS/c24-15-7-16-17(31-10-29-8-18(31)21(28)30-16)6-14(15)22(33)32(12-2-3-12)19-9-34-20-5-11(23(25,26)27)1-4-13(19)20/h1,4-8,10,12,19H,2-3,9H2,(H2,28,30)/t19-/m1/s1. The molecule has 2 aromatic heterocycles. The maximum Gasteiger partial charge on any atom is 0.416 e. The van der Waals surface area contributed by atoms with E-state index in [-0.39, 0.29) is 22.9 Å². The summed E-state index contributed by atoms with van der Waals surface area (Å²) >= 11 is 1.28. The number of imidazole rings is 1. The summed E-state index contributed by atoms with van der Waals surface area (Å²) in [5.74, 6) is -0.614. The molecule has 0 radical (unpaired) electrons. The molecule has 3 heterocycles. The number of aromatic nitrogens is 3. The molecule has 2 aromatic carbocycles. The number of nitrogens with two attached hydrogens (primary N) is 1. The summed E-state index contributed by atoms with van der Waals surface area (Å²) in [4.78, 5) is 24.1. The third-order valence-corrected chi connectivity index (χ3v) is 7.45. The Balaban J connectivity index is 1.42. The normalized spacial score (nSPS) is 17.9. The van der Waals surface area contributed by atoms with Gasteiger partial charge in [-0.25, -0.2) is 14.4 Å². The van der Waals surface area contributed by atoms with Crippen molar-refractivity contribution in [2.45, 2.75) is 36.0 Å². The van der Waals surface area contributed by atoms with Gasteiger partial charge in [0.2, 0.25) is 0 Å². The van der Waals surface area contributed by atoms with E-state index in [0.29, 0.717) is 27.2 Å². The molecule has 6 nitrogen and oxygen atoms in total. The third kappa shape index (κ3) is 3.29. The molecule has 0 unspecified atom stereocenters. The smallest absolute Gasteiger partial charge is 0.382 e. The number of nitrogens with zero attached hydrogens (tertiary/aromatic N) is 4. The van der Waals surface area contributed by atoms with Crippen molar-refractivity contribution in [1.29, 1.82) is 0 Å². The van der Waals surface area contributed by atoms with Crippen LogP contribution in [0.5, 0.6) is 0 Å². The number of thioether (sulfide) groups is 1. The van der Waals surface area contributed by atoms with Crippen LogP contribution in [0.1, 0.15) is 40.4 Å². The van der Waals surface area contributed by atoms with Crippen molar-refractivity contribution >= 4 is 40.0 Å². The Morgan fingerprint density at radius 1 is 1.18 bits per heavy atom. The largest absolute Gasteiger partial charge is 0.416 e. The summed E-state index contributed by atoms with van der Waals surface area (Å²) in [6.45, 7) is 0. The molecule has 1 atom stereocenters. The van der Waals surface area contributed by atoms with Gasteiger partial charge in [0.25, 0.3) is 5.91 Å². The van der Waals surface area contributed by atoms with E-state index in [4.69, 9.17) is 5.73 Å². The van der Waals surface area contributed by atoms with Gasteiger partial charge >= 0.3 is 6.18 Å². The summed E-state index contributed by atoms with van der Waals surface area (Å²) in [5.41, 5.74) is 7.06. The molecule has 1 amide bonds. The van der Waals surface area contributed by atoms with Crippen LogP contribution in [0.4, 0.5) is 23.4 Å². The molecule has 34 heavy (non-hydrogen) atoms. The van der Waals surface area contributed by atoms with Gasteiger partial charge in [-0.05, 0) is 36.6 Å². The van der Waals surface area contributed by atoms with Crippen LogP contribution < -0.4 is 5.73 Å². The molecule has 11 heteroatoms. The van der Waals surface area contributed by atoms with Gasteiger partial charge in [-0.1, -0.05) is 6.07 Å². The van der Waals surface area contributed by atoms with Crippen LogP contribution in [-0.4, -0.2) is 37.0 Å². The van der Waals surface area contributed by atoms with E-state index < -0.39 is 29.5 Å². The Morgan fingerprint density at radius 3 is 2.71 bits per heavy atom. The minimum absolute atomic E-state index is 0.0840. The molecule has 2 aliphatic rings. The van der Waals surface area contributed by atoms with Crippen molar-refractivity contribution in [2.24, 2.45) is 0 Å². The van der Waals surface area contributed by atoms with Gasteiger partial charge in [0, 0.05) is 22.8 Å². The summed E-state index contributed by atoms with van der Waals surface area (Å²) < 4.78 is 56.3. The Bertz CT molecular complexity index is 1480. The van der Waals surface area contributed by atoms with Gasteiger partial charge in [0.15, 0.2) is 0 Å². The molecule has 174 valence electrons. The van der Waals surface area contributed by atoms with Gasteiger partial charge in [0.1, 0.15) is 17.2 Å². The van der Waals surface area contributed by atoms with Crippen molar-refractivity contribution < 1.29 is 22.4 Å².